The molecule has 1 unspecified atom stereocenters. The lowest BCUT2D eigenvalue weighted by atomic mass is 10.1. The number of rotatable bonds is 9. The molecule has 0 saturated carbocycles. The van der Waals surface area contributed by atoms with Crippen LogP contribution in [-0.4, -0.2) is 69.1 Å². The summed E-state index contributed by atoms with van der Waals surface area (Å²) in [5.74, 6) is 1.94. The van der Waals surface area contributed by atoms with E-state index in [-0.39, 0.29) is 24.0 Å². The van der Waals surface area contributed by atoms with Crippen molar-refractivity contribution in [2.75, 3.05) is 46.0 Å². The highest BCUT2D eigenvalue weighted by molar-refractivity contribution is 14.0. The first-order valence-electron chi connectivity index (χ1n) is 11.3. The number of hydrogen-bond acceptors (Lipinski definition) is 4. The van der Waals surface area contributed by atoms with Crippen LogP contribution in [-0.2, 0) is 9.47 Å². The quantitative estimate of drug-likeness (QED) is 0.225. The van der Waals surface area contributed by atoms with E-state index in [9.17, 15) is 0 Å². The monoisotopic (exact) mass is 531 g/mol. The molecule has 0 spiro atoms. The number of hydrogen-bond donors (Lipinski definition) is 1. The van der Waals surface area contributed by atoms with Crippen molar-refractivity contribution >= 4 is 29.9 Å². The third kappa shape index (κ3) is 8.98. The van der Waals surface area contributed by atoms with Gasteiger partial charge in [0.05, 0.1) is 25.4 Å². The molecule has 3 rings (SSSR count). The van der Waals surface area contributed by atoms with Gasteiger partial charge in [0.15, 0.2) is 5.96 Å². The summed E-state index contributed by atoms with van der Waals surface area (Å²) in [6, 6.07) is 9.95. The Kier molecular flexibility index (Phi) is 12.5. The SMILES string of the molecule is CCNC(=NCCCOc1ccccc1)N1CCC(OCC2CCCCO2)CC1.I. The molecule has 0 aromatic heterocycles. The molecule has 6 nitrogen and oxygen atoms in total. The van der Waals surface area contributed by atoms with E-state index in [1.54, 1.807) is 0 Å². The van der Waals surface area contributed by atoms with Crippen LogP contribution in [0.1, 0.15) is 45.4 Å². The van der Waals surface area contributed by atoms with Crippen LogP contribution in [0.2, 0.25) is 0 Å². The summed E-state index contributed by atoms with van der Waals surface area (Å²) in [6.45, 7) is 8.08. The minimum atomic E-state index is 0. The molecule has 1 N–H and O–H groups in total. The number of para-hydroxylation sites is 1. The van der Waals surface area contributed by atoms with Crippen LogP contribution < -0.4 is 10.1 Å². The van der Waals surface area contributed by atoms with Gasteiger partial charge in [-0.3, -0.25) is 4.99 Å². The Morgan fingerprint density at radius 1 is 1.17 bits per heavy atom. The topological polar surface area (TPSA) is 55.3 Å². The molecular weight excluding hydrogens is 493 g/mol. The van der Waals surface area contributed by atoms with Gasteiger partial charge < -0.3 is 24.4 Å². The lowest BCUT2D eigenvalue weighted by Gasteiger charge is -2.35. The van der Waals surface area contributed by atoms with E-state index < -0.39 is 0 Å². The predicted molar refractivity (Wildman–Crippen MR) is 132 cm³/mol. The number of benzene rings is 1. The van der Waals surface area contributed by atoms with E-state index in [4.69, 9.17) is 19.2 Å². The second-order valence-corrected chi connectivity index (χ2v) is 7.76. The fraction of sp³-hybridized carbons (Fsp3) is 0.696. The molecule has 2 aliphatic heterocycles. The average Bonchev–Trinajstić information content (AvgIpc) is 2.78. The molecule has 2 saturated heterocycles. The van der Waals surface area contributed by atoms with Crippen molar-refractivity contribution in [1.29, 1.82) is 0 Å². The molecule has 30 heavy (non-hydrogen) atoms. The number of ether oxygens (including phenoxy) is 3. The third-order valence-corrected chi connectivity index (χ3v) is 5.44. The highest BCUT2D eigenvalue weighted by Crippen LogP contribution is 2.18. The number of nitrogens with zero attached hydrogens (tertiary/aromatic N) is 2. The largest absolute Gasteiger partial charge is 0.494 e. The first-order valence-corrected chi connectivity index (χ1v) is 11.3. The van der Waals surface area contributed by atoms with E-state index in [1.165, 1.54) is 12.8 Å². The van der Waals surface area contributed by atoms with Crippen LogP contribution in [0.15, 0.2) is 35.3 Å². The number of piperidine rings is 1. The summed E-state index contributed by atoms with van der Waals surface area (Å²) in [5.41, 5.74) is 0. The average molecular weight is 531 g/mol. The van der Waals surface area contributed by atoms with Gasteiger partial charge in [-0.1, -0.05) is 18.2 Å². The summed E-state index contributed by atoms with van der Waals surface area (Å²) in [7, 11) is 0. The summed E-state index contributed by atoms with van der Waals surface area (Å²) in [4.78, 5) is 7.16. The van der Waals surface area contributed by atoms with Crippen molar-refractivity contribution in [3.8, 4) is 5.75 Å². The smallest absolute Gasteiger partial charge is 0.193 e. The van der Waals surface area contributed by atoms with Crippen molar-refractivity contribution in [3.05, 3.63) is 30.3 Å². The highest BCUT2D eigenvalue weighted by atomic mass is 127. The number of halogens is 1. The van der Waals surface area contributed by atoms with Crippen LogP contribution in [0.5, 0.6) is 5.75 Å². The molecule has 170 valence electrons. The fourth-order valence-electron chi connectivity index (χ4n) is 3.80. The van der Waals surface area contributed by atoms with Crippen LogP contribution in [0.25, 0.3) is 0 Å². The molecule has 0 aliphatic carbocycles. The standard InChI is InChI=1S/C23H37N3O3.HI/c1-2-24-23(25-14-8-18-27-20-9-4-3-5-10-20)26-15-12-21(13-16-26)29-19-22-11-6-7-17-28-22;/h3-5,9-10,21-22H,2,6-8,11-19H2,1H3,(H,24,25);1H. The first-order chi connectivity index (χ1) is 14.3. The Bertz CT molecular complexity index is 589. The van der Waals surface area contributed by atoms with Crippen molar-refractivity contribution in [2.24, 2.45) is 4.99 Å². The first kappa shape index (κ1) is 25.2. The second kappa shape index (κ2) is 14.9. The zero-order valence-corrected chi connectivity index (χ0v) is 20.6. The van der Waals surface area contributed by atoms with Crippen LogP contribution >= 0.6 is 24.0 Å². The molecule has 0 amide bonds. The van der Waals surface area contributed by atoms with Crippen molar-refractivity contribution in [3.63, 3.8) is 0 Å². The maximum absolute atomic E-state index is 6.14. The van der Waals surface area contributed by atoms with E-state index >= 15 is 0 Å². The molecule has 1 aromatic rings. The van der Waals surface area contributed by atoms with E-state index in [1.807, 2.05) is 30.3 Å². The van der Waals surface area contributed by atoms with Gasteiger partial charge in [0.2, 0.25) is 0 Å². The molecule has 2 fully saturated rings. The van der Waals surface area contributed by atoms with Gasteiger partial charge in [0, 0.05) is 39.2 Å². The Hall–Kier alpha value is -1.06. The normalized spacial score (nSPS) is 20.5. The number of guanidine groups is 1. The molecule has 2 aliphatic rings. The van der Waals surface area contributed by atoms with Crippen LogP contribution in [0.3, 0.4) is 0 Å². The summed E-state index contributed by atoms with van der Waals surface area (Å²) in [6.07, 6.45) is 7.26. The van der Waals surface area contributed by atoms with Crippen LogP contribution in [0, 0.1) is 0 Å². The molecule has 1 atom stereocenters. The zero-order valence-electron chi connectivity index (χ0n) is 18.3. The van der Waals surface area contributed by atoms with Gasteiger partial charge in [-0.25, -0.2) is 0 Å². The Morgan fingerprint density at radius 3 is 2.67 bits per heavy atom. The van der Waals surface area contributed by atoms with Gasteiger partial charge in [-0.2, -0.15) is 0 Å². The van der Waals surface area contributed by atoms with E-state index in [0.29, 0.717) is 18.8 Å². The summed E-state index contributed by atoms with van der Waals surface area (Å²) < 4.78 is 17.7. The molecule has 1 aromatic carbocycles. The minimum Gasteiger partial charge on any atom is -0.494 e. The van der Waals surface area contributed by atoms with Gasteiger partial charge in [-0.05, 0) is 51.2 Å². The maximum Gasteiger partial charge on any atom is 0.193 e. The van der Waals surface area contributed by atoms with Gasteiger partial charge in [0.25, 0.3) is 0 Å². The Balaban J connectivity index is 0.00000320. The lowest BCUT2D eigenvalue weighted by molar-refractivity contribution is -0.0721. The van der Waals surface area contributed by atoms with Gasteiger partial charge in [-0.15, -0.1) is 24.0 Å². The molecule has 0 radical (unpaired) electrons. The molecule has 2 heterocycles. The third-order valence-electron chi connectivity index (χ3n) is 5.44. The van der Waals surface area contributed by atoms with Crippen molar-refractivity contribution in [1.82, 2.24) is 10.2 Å². The molecule has 7 heteroatoms. The number of likely N-dealkylation sites (tertiary alicyclic amines) is 1. The van der Waals surface area contributed by atoms with Crippen molar-refractivity contribution in [2.45, 2.75) is 57.7 Å². The Morgan fingerprint density at radius 2 is 1.97 bits per heavy atom. The zero-order chi connectivity index (χ0) is 20.2. The minimum absolute atomic E-state index is 0. The van der Waals surface area contributed by atoms with E-state index in [0.717, 1.165) is 76.8 Å². The molecule has 0 bridgehead atoms. The Labute approximate surface area is 198 Å². The van der Waals surface area contributed by atoms with Gasteiger partial charge >= 0.3 is 0 Å². The fourth-order valence-corrected chi connectivity index (χ4v) is 3.80. The number of aliphatic imine (C=N–C) groups is 1. The molecular formula is C23H38IN3O3. The summed E-state index contributed by atoms with van der Waals surface area (Å²) in [5, 5.41) is 3.43. The highest BCUT2D eigenvalue weighted by Gasteiger charge is 2.23. The van der Waals surface area contributed by atoms with Crippen LogP contribution in [0.4, 0.5) is 0 Å². The van der Waals surface area contributed by atoms with Crippen molar-refractivity contribution < 1.29 is 14.2 Å². The van der Waals surface area contributed by atoms with Gasteiger partial charge in [0.1, 0.15) is 5.75 Å². The number of nitrogens with one attached hydrogen (secondary N) is 1. The summed E-state index contributed by atoms with van der Waals surface area (Å²) >= 11 is 0. The maximum atomic E-state index is 6.14. The lowest BCUT2D eigenvalue weighted by Crippen LogP contribution is -2.47. The van der Waals surface area contributed by atoms with E-state index in [2.05, 4.69) is 17.1 Å². The second-order valence-electron chi connectivity index (χ2n) is 7.76. The predicted octanol–water partition coefficient (Wildman–Crippen LogP) is 4.09.